The molecule has 3 N–H and O–H groups in total. The molecule has 1 saturated carbocycles. The summed E-state index contributed by atoms with van der Waals surface area (Å²) in [5.74, 6) is -2.20. The molecule has 80 valence electrons. The molecule has 0 radical (unpaired) electrons. The van der Waals surface area contributed by atoms with Gasteiger partial charge in [0.05, 0.1) is 0 Å². The van der Waals surface area contributed by atoms with Crippen molar-refractivity contribution in [2.45, 2.75) is 18.8 Å². The highest BCUT2D eigenvalue weighted by Gasteiger charge is 2.44. The quantitative estimate of drug-likeness (QED) is 0.408. The zero-order valence-electron chi connectivity index (χ0n) is 7.97. The number of rotatable bonds is 4. The first kappa shape index (κ1) is 10.9. The number of halogens is 2. The number of hydrogen-bond donors (Lipinski definition) is 2. The highest BCUT2D eigenvalue weighted by atomic mass is 19.3. The lowest BCUT2D eigenvalue weighted by Gasteiger charge is -2.33. The van der Waals surface area contributed by atoms with Crippen LogP contribution >= 0.6 is 0 Å². The average Bonchev–Trinajstić information content (AvgIpc) is 2.07. The Hall–Kier alpha value is -1.13. The van der Waals surface area contributed by atoms with Crippen LogP contribution in [0.15, 0.2) is 17.6 Å². The van der Waals surface area contributed by atoms with Gasteiger partial charge in [0, 0.05) is 25.9 Å². The Bertz CT molecular complexity index is 230. The maximum atomic E-state index is 12.4. The zero-order valence-corrected chi connectivity index (χ0v) is 7.97. The summed E-state index contributed by atoms with van der Waals surface area (Å²) in [7, 11) is 0. The van der Waals surface area contributed by atoms with E-state index in [0.717, 1.165) is 0 Å². The first-order valence-electron chi connectivity index (χ1n) is 4.56. The molecule has 5 heteroatoms. The van der Waals surface area contributed by atoms with E-state index in [1.54, 1.807) is 6.08 Å². The molecule has 0 saturated heterocycles. The molecule has 0 aliphatic heterocycles. The van der Waals surface area contributed by atoms with Crippen molar-refractivity contribution in [3.63, 3.8) is 0 Å². The van der Waals surface area contributed by atoms with Gasteiger partial charge in [0.25, 0.3) is 0 Å². The number of alkyl halides is 2. The van der Waals surface area contributed by atoms with Crippen molar-refractivity contribution >= 4 is 5.96 Å². The van der Waals surface area contributed by atoms with Crippen LogP contribution in [0.25, 0.3) is 0 Å². The number of aliphatic imine (C=N–C) groups is 1. The van der Waals surface area contributed by atoms with Gasteiger partial charge in [0.1, 0.15) is 0 Å². The molecule has 0 bridgehead atoms. The molecule has 0 atom stereocenters. The van der Waals surface area contributed by atoms with Crippen molar-refractivity contribution in [3.05, 3.63) is 12.7 Å². The van der Waals surface area contributed by atoms with Gasteiger partial charge in [-0.2, -0.15) is 0 Å². The first-order valence-corrected chi connectivity index (χ1v) is 4.56. The fourth-order valence-corrected chi connectivity index (χ4v) is 1.37. The van der Waals surface area contributed by atoms with Crippen molar-refractivity contribution in [1.82, 2.24) is 5.32 Å². The maximum Gasteiger partial charge on any atom is 0.248 e. The summed E-state index contributed by atoms with van der Waals surface area (Å²) in [5.41, 5.74) is 5.46. The molecule has 3 nitrogen and oxygen atoms in total. The Morgan fingerprint density at radius 2 is 2.29 bits per heavy atom. The van der Waals surface area contributed by atoms with E-state index in [1.165, 1.54) is 0 Å². The molecular weight excluding hydrogens is 188 g/mol. The predicted molar refractivity (Wildman–Crippen MR) is 52.4 cm³/mol. The Balaban J connectivity index is 2.17. The zero-order chi connectivity index (χ0) is 10.6. The minimum Gasteiger partial charge on any atom is -0.370 e. The van der Waals surface area contributed by atoms with Gasteiger partial charge in [-0.1, -0.05) is 6.08 Å². The predicted octanol–water partition coefficient (Wildman–Crippen LogP) is 1.12. The second kappa shape index (κ2) is 4.39. The summed E-state index contributed by atoms with van der Waals surface area (Å²) in [6, 6.07) is 0. The molecule has 0 spiro atoms. The monoisotopic (exact) mass is 203 g/mol. The molecular formula is C9H15F2N3. The molecule has 14 heavy (non-hydrogen) atoms. The SMILES string of the molecule is C=CCNC(N)=NCC1CC(F)(F)C1. The lowest BCUT2D eigenvalue weighted by molar-refractivity contribution is -0.107. The lowest BCUT2D eigenvalue weighted by Crippen LogP contribution is -2.38. The Morgan fingerprint density at radius 1 is 1.64 bits per heavy atom. The number of nitrogens with one attached hydrogen (secondary N) is 1. The number of guanidine groups is 1. The van der Waals surface area contributed by atoms with Crippen LogP contribution in [-0.4, -0.2) is 25.0 Å². The third-order valence-electron chi connectivity index (χ3n) is 2.12. The van der Waals surface area contributed by atoms with Gasteiger partial charge < -0.3 is 11.1 Å². The molecule has 1 aliphatic carbocycles. The Kier molecular flexibility index (Phi) is 3.43. The van der Waals surface area contributed by atoms with E-state index in [4.69, 9.17) is 5.73 Å². The first-order chi connectivity index (χ1) is 6.53. The summed E-state index contributed by atoms with van der Waals surface area (Å²) in [6.07, 6.45) is 1.52. The van der Waals surface area contributed by atoms with Crippen LogP contribution < -0.4 is 11.1 Å². The van der Waals surface area contributed by atoms with Crippen molar-refractivity contribution in [3.8, 4) is 0 Å². The molecule has 0 aromatic rings. The summed E-state index contributed by atoms with van der Waals surface area (Å²) in [4.78, 5) is 3.95. The van der Waals surface area contributed by atoms with Gasteiger partial charge in [0.15, 0.2) is 5.96 Å². The van der Waals surface area contributed by atoms with Crippen LogP contribution in [0.5, 0.6) is 0 Å². The number of nitrogens with two attached hydrogens (primary N) is 1. The van der Waals surface area contributed by atoms with Crippen molar-refractivity contribution < 1.29 is 8.78 Å². The van der Waals surface area contributed by atoms with Gasteiger partial charge in [-0.25, -0.2) is 8.78 Å². The van der Waals surface area contributed by atoms with E-state index in [9.17, 15) is 8.78 Å². The maximum absolute atomic E-state index is 12.4. The molecule has 0 aromatic heterocycles. The van der Waals surface area contributed by atoms with Crippen molar-refractivity contribution in [2.24, 2.45) is 16.6 Å². The van der Waals surface area contributed by atoms with Crippen LogP contribution in [0.1, 0.15) is 12.8 Å². The van der Waals surface area contributed by atoms with Gasteiger partial charge >= 0.3 is 0 Å². The second-order valence-corrected chi connectivity index (χ2v) is 3.53. The number of nitrogens with zero attached hydrogens (tertiary/aromatic N) is 1. The average molecular weight is 203 g/mol. The smallest absolute Gasteiger partial charge is 0.248 e. The summed E-state index contributed by atoms with van der Waals surface area (Å²) < 4.78 is 24.8. The van der Waals surface area contributed by atoms with E-state index < -0.39 is 5.92 Å². The van der Waals surface area contributed by atoms with Gasteiger partial charge in [-0.15, -0.1) is 6.58 Å². The van der Waals surface area contributed by atoms with Gasteiger partial charge in [0.2, 0.25) is 5.92 Å². The fraction of sp³-hybridized carbons (Fsp3) is 0.667. The molecule has 1 fully saturated rings. The standard InChI is InChI=1S/C9H15F2N3/c1-2-3-13-8(12)14-6-7-4-9(10,11)5-7/h2,7H,1,3-6H2,(H3,12,13,14). The third-order valence-corrected chi connectivity index (χ3v) is 2.12. The Morgan fingerprint density at radius 3 is 2.79 bits per heavy atom. The van der Waals surface area contributed by atoms with Gasteiger partial charge in [-0.05, 0) is 5.92 Å². The van der Waals surface area contributed by atoms with E-state index in [0.29, 0.717) is 19.0 Å². The number of hydrogen-bond acceptors (Lipinski definition) is 1. The van der Waals surface area contributed by atoms with E-state index in [2.05, 4.69) is 16.9 Å². The minimum atomic E-state index is -2.47. The van der Waals surface area contributed by atoms with Crippen LogP contribution in [0.2, 0.25) is 0 Å². The van der Waals surface area contributed by atoms with Crippen LogP contribution in [0, 0.1) is 5.92 Å². The minimum absolute atomic E-state index is 0.0194. The Labute approximate surface area is 82.1 Å². The third kappa shape index (κ3) is 3.32. The van der Waals surface area contributed by atoms with Crippen LogP contribution in [0.4, 0.5) is 8.78 Å². The molecule has 0 amide bonds. The molecule has 0 aromatic carbocycles. The van der Waals surface area contributed by atoms with Crippen molar-refractivity contribution in [1.29, 1.82) is 0 Å². The summed E-state index contributed by atoms with van der Waals surface area (Å²) in [6.45, 7) is 4.42. The van der Waals surface area contributed by atoms with E-state index in [1.807, 2.05) is 0 Å². The highest BCUT2D eigenvalue weighted by Crippen LogP contribution is 2.42. The molecule has 0 heterocycles. The fourth-order valence-electron chi connectivity index (χ4n) is 1.37. The highest BCUT2D eigenvalue weighted by molar-refractivity contribution is 5.77. The summed E-state index contributed by atoms with van der Waals surface area (Å²) >= 11 is 0. The topological polar surface area (TPSA) is 50.4 Å². The van der Waals surface area contributed by atoms with E-state index >= 15 is 0 Å². The van der Waals surface area contributed by atoms with Crippen LogP contribution in [0.3, 0.4) is 0 Å². The molecule has 0 unspecified atom stereocenters. The van der Waals surface area contributed by atoms with E-state index in [-0.39, 0.29) is 18.8 Å². The van der Waals surface area contributed by atoms with Gasteiger partial charge in [-0.3, -0.25) is 4.99 Å². The largest absolute Gasteiger partial charge is 0.370 e. The van der Waals surface area contributed by atoms with Crippen LogP contribution in [-0.2, 0) is 0 Å². The van der Waals surface area contributed by atoms with Crippen molar-refractivity contribution in [2.75, 3.05) is 13.1 Å². The molecule has 1 aliphatic rings. The normalized spacial score (nSPS) is 21.4. The lowest BCUT2D eigenvalue weighted by atomic mass is 9.81. The molecule has 1 rings (SSSR count). The summed E-state index contributed by atoms with van der Waals surface area (Å²) in [5, 5.41) is 2.78. The second-order valence-electron chi connectivity index (χ2n) is 3.53.